The first kappa shape index (κ1) is 20.4. The Kier molecular flexibility index (Phi) is 5.12. The quantitative estimate of drug-likeness (QED) is 0.215. The Balaban J connectivity index is 1.98. The van der Waals surface area contributed by atoms with E-state index >= 15 is 0 Å². The number of ketones is 1. The molecule has 9 heteroatoms. The molecule has 1 amide bonds. The number of nitrogens with zero attached hydrogens (tertiary/aromatic N) is 3. The van der Waals surface area contributed by atoms with Gasteiger partial charge >= 0.3 is 5.91 Å². The first-order valence-electron chi connectivity index (χ1n) is 9.34. The van der Waals surface area contributed by atoms with E-state index in [4.69, 9.17) is 0 Å². The number of aromatic nitrogens is 1. The van der Waals surface area contributed by atoms with Crippen molar-refractivity contribution >= 4 is 39.6 Å². The number of carbonyl (C=O) groups is 2. The third-order valence-electron chi connectivity index (χ3n) is 5.11. The average molecular weight is 435 g/mol. The Morgan fingerprint density at radius 3 is 2.45 bits per heavy atom. The summed E-state index contributed by atoms with van der Waals surface area (Å²) < 4.78 is 0. The highest BCUT2D eigenvalue weighted by molar-refractivity contribution is 7.16. The van der Waals surface area contributed by atoms with Gasteiger partial charge in [-0.15, -0.1) is 11.3 Å². The second kappa shape index (κ2) is 7.77. The number of hydrogen-bond donors (Lipinski definition) is 1. The zero-order valence-corrected chi connectivity index (χ0v) is 17.4. The van der Waals surface area contributed by atoms with Gasteiger partial charge in [0.15, 0.2) is 5.13 Å². The molecule has 0 radical (unpaired) electrons. The van der Waals surface area contributed by atoms with Crippen molar-refractivity contribution < 1.29 is 19.6 Å². The largest absolute Gasteiger partial charge is 0.507 e. The van der Waals surface area contributed by atoms with Crippen LogP contribution in [0.5, 0.6) is 0 Å². The number of carbonyl (C=O) groups excluding carboxylic acids is 2. The second-order valence-electron chi connectivity index (χ2n) is 7.03. The predicted octanol–water partition coefficient (Wildman–Crippen LogP) is 4.29. The molecule has 1 N–H and O–H groups in total. The third kappa shape index (κ3) is 3.49. The lowest BCUT2D eigenvalue weighted by Crippen LogP contribution is -2.29. The molecule has 1 aromatic heterocycles. The summed E-state index contributed by atoms with van der Waals surface area (Å²) in [5, 5.41) is 22.6. The zero-order chi connectivity index (χ0) is 22.3. The van der Waals surface area contributed by atoms with Gasteiger partial charge in [-0.1, -0.05) is 42.5 Å². The number of amides is 1. The van der Waals surface area contributed by atoms with E-state index in [2.05, 4.69) is 4.98 Å². The van der Waals surface area contributed by atoms with Crippen LogP contribution in [-0.2, 0) is 9.59 Å². The molecule has 0 bridgehead atoms. The molecular formula is C22H17N3O5S. The number of aliphatic hydroxyl groups is 1. The van der Waals surface area contributed by atoms with Crippen molar-refractivity contribution in [3.05, 3.63) is 92.0 Å². The predicted molar refractivity (Wildman–Crippen MR) is 116 cm³/mol. The summed E-state index contributed by atoms with van der Waals surface area (Å²) in [6.07, 6.45) is 0. The van der Waals surface area contributed by atoms with Gasteiger partial charge in [-0.2, -0.15) is 0 Å². The molecule has 8 nitrogen and oxygen atoms in total. The lowest BCUT2D eigenvalue weighted by molar-refractivity contribution is -0.384. The van der Waals surface area contributed by atoms with E-state index in [1.54, 1.807) is 43.3 Å². The Morgan fingerprint density at radius 2 is 1.84 bits per heavy atom. The Morgan fingerprint density at radius 1 is 1.13 bits per heavy atom. The van der Waals surface area contributed by atoms with Crippen LogP contribution in [0.2, 0.25) is 0 Å². The molecule has 1 aliphatic rings. The lowest BCUT2D eigenvalue weighted by atomic mass is 9.95. The van der Waals surface area contributed by atoms with Gasteiger partial charge in [0.2, 0.25) is 0 Å². The van der Waals surface area contributed by atoms with Crippen LogP contribution in [0, 0.1) is 24.0 Å². The number of benzene rings is 2. The maximum absolute atomic E-state index is 13.0. The monoisotopic (exact) mass is 435 g/mol. The Labute approximate surface area is 181 Å². The number of thiazole rings is 1. The minimum atomic E-state index is -1.05. The molecule has 1 unspecified atom stereocenters. The topological polar surface area (TPSA) is 114 Å². The van der Waals surface area contributed by atoms with Crippen LogP contribution in [0.25, 0.3) is 5.76 Å². The number of nitro benzene ring substituents is 1. The number of hydrogen-bond acceptors (Lipinski definition) is 7. The van der Waals surface area contributed by atoms with Crippen LogP contribution < -0.4 is 4.90 Å². The minimum Gasteiger partial charge on any atom is -0.507 e. The van der Waals surface area contributed by atoms with Crippen LogP contribution in [0.3, 0.4) is 0 Å². The molecule has 156 valence electrons. The molecule has 1 aliphatic heterocycles. The molecule has 2 heterocycles. The van der Waals surface area contributed by atoms with Gasteiger partial charge in [0.05, 0.1) is 22.2 Å². The van der Waals surface area contributed by atoms with Gasteiger partial charge in [0.25, 0.3) is 11.5 Å². The van der Waals surface area contributed by atoms with E-state index in [-0.39, 0.29) is 17.0 Å². The van der Waals surface area contributed by atoms with Crippen molar-refractivity contribution in [1.82, 2.24) is 4.98 Å². The standard InChI is InChI=1S/C22H17N3O5S/c1-12-13(2)31-22(23-12)24-18(15-9-6-10-16(11-15)25(29)30)17(20(27)21(24)28)19(26)14-7-4-3-5-8-14/h3-11,18,26H,1-2H3. The van der Waals surface area contributed by atoms with Gasteiger partial charge in [0, 0.05) is 22.6 Å². The summed E-state index contributed by atoms with van der Waals surface area (Å²) in [5.41, 5.74) is 1.08. The Hall–Kier alpha value is -3.85. The molecule has 1 saturated heterocycles. The van der Waals surface area contributed by atoms with Gasteiger partial charge < -0.3 is 5.11 Å². The highest BCUT2D eigenvalue weighted by Gasteiger charge is 2.48. The number of aliphatic hydroxyl groups excluding tert-OH is 1. The summed E-state index contributed by atoms with van der Waals surface area (Å²) in [4.78, 5) is 43.3. The van der Waals surface area contributed by atoms with Crippen LogP contribution in [0.4, 0.5) is 10.8 Å². The fourth-order valence-electron chi connectivity index (χ4n) is 3.46. The summed E-state index contributed by atoms with van der Waals surface area (Å²) in [6.45, 7) is 3.64. The molecule has 1 atom stereocenters. The van der Waals surface area contributed by atoms with E-state index in [0.717, 1.165) is 4.88 Å². The molecule has 4 rings (SSSR count). The number of anilines is 1. The van der Waals surface area contributed by atoms with Crippen LogP contribution in [0.1, 0.15) is 27.7 Å². The molecular weight excluding hydrogens is 418 g/mol. The molecule has 0 spiro atoms. The molecule has 0 aliphatic carbocycles. The molecule has 3 aromatic rings. The van der Waals surface area contributed by atoms with Crippen LogP contribution in [0.15, 0.2) is 60.2 Å². The maximum Gasteiger partial charge on any atom is 0.301 e. The van der Waals surface area contributed by atoms with Gasteiger partial charge in [0.1, 0.15) is 5.76 Å². The molecule has 31 heavy (non-hydrogen) atoms. The van der Waals surface area contributed by atoms with Gasteiger partial charge in [-0.05, 0) is 19.4 Å². The van der Waals surface area contributed by atoms with E-state index in [1.807, 2.05) is 6.92 Å². The lowest BCUT2D eigenvalue weighted by Gasteiger charge is -2.22. The normalized spacial score (nSPS) is 17.9. The van der Waals surface area contributed by atoms with Crippen molar-refractivity contribution in [2.75, 3.05) is 4.90 Å². The van der Waals surface area contributed by atoms with Crippen LogP contribution in [-0.4, -0.2) is 26.7 Å². The average Bonchev–Trinajstić information content (AvgIpc) is 3.23. The van der Waals surface area contributed by atoms with Crippen molar-refractivity contribution in [3.8, 4) is 0 Å². The highest BCUT2D eigenvalue weighted by atomic mass is 32.1. The SMILES string of the molecule is Cc1nc(N2C(=O)C(=O)C(=C(O)c3ccccc3)C2c2cccc([N+](=O)[O-])c2)sc1C. The van der Waals surface area contributed by atoms with Gasteiger partial charge in [-0.25, -0.2) is 4.98 Å². The number of Topliss-reactive ketones (excluding diaryl/α,β-unsaturated/α-hetero) is 1. The summed E-state index contributed by atoms with van der Waals surface area (Å²) >= 11 is 1.24. The highest BCUT2D eigenvalue weighted by Crippen LogP contribution is 2.44. The third-order valence-corrected chi connectivity index (χ3v) is 6.18. The number of non-ortho nitro benzene ring substituents is 1. The van der Waals surface area contributed by atoms with Crippen molar-refractivity contribution in [2.24, 2.45) is 0 Å². The second-order valence-corrected chi connectivity index (χ2v) is 8.21. The fraction of sp³-hybridized carbons (Fsp3) is 0.136. The zero-order valence-electron chi connectivity index (χ0n) is 16.6. The summed E-state index contributed by atoms with van der Waals surface area (Å²) in [6, 6.07) is 13.0. The first-order chi connectivity index (χ1) is 14.8. The molecule has 2 aromatic carbocycles. The first-order valence-corrected chi connectivity index (χ1v) is 10.2. The summed E-state index contributed by atoms with van der Waals surface area (Å²) in [7, 11) is 0. The van der Waals surface area contributed by atoms with E-state index in [0.29, 0.717) is 22.0 Å². The van der Waals surface area contributed by atoms with E-state index in [1.165, 1.54) is 34.4 Å². The van der Waals surface area contributed by atoms with E-state index in [9.17, 15) is 24.8 Å². The Bertz CT molecular complexity index is 1230. The minimum absolute atomic E-state index is 0.137. The van der Waals surface area contributed by atoms with Crippen molar-refractivity contribution in [1.29, 1.82) is 0 Å². The van der Waals surface area contributed by atoms with Crippen LogP contribution >= 0.6 is 11.3 Å². The number of aryl methyl sites for hydroxylation is 2. The molecule has 0 saturated carbocycles. The summed E-state index contributed by atoms with van der Waals surface area (Å²) in [5.74, 6) is -2.06. The van der Waals surface area contributed by atoms with Crippen molar-refractivity contribution in [3.63, 3.8) is 0 Å². The number of nitro groups is 1. The number of rotatable bonds is 4. The maximum atomic E-state index is 13.0. The fourth-order valence-corrected chi connectivity index (χ4v) is 4.40. The molecule has 1 fully saturated rings. The van der Waals surface area contributed by atoms with Gasteiger partial charge in [-0.3, -0.25) is 24.6 Å². The smallest absolute Gasteiger partial charge is 0.301 e. The van der Waals surface area contributed by atoms with Crippen molar-refractivity contribution in [2.45, 2.75) is 19.9 Å². The van der Waals surface area contributed by atoms with E-state index < -0.39 is 22.7 Å².